The van der Waals surface area contributed by atoms with E-state index in [-0.39, 0.29) is 22.7 Å². The first kappa shape index (κ1) is 13.3. The summed E-state index contributed by atoms with van der Waals surface area (Å²) in [5, 5.41) is 26.8. The number of urea groups is 1. The highest BCUT2D eigenvalue weighted by atomic mass is 16.6. The van der Waals surface area contributed by atoms with Gasteiger partial charge in [-0.15, -0.1) is 0 Å². The van der Waals surface area contributed by atoms with Crippen molar-refractivity contribution in [1.29, 1.82) is 0 Å². The summed E-state index contributed by atoms with van der Waals surface area (Å²) in [7, 11) is 1.20. The molecule has 1 fully saturated rings. The van der Waals surface area contributed by atoms with Crippen molar-refractivity contribution in [3.63, 3.8) is 0 Å². The molecule has 104 valence electrons. The minimum Gasteiger partial charge on any atom is -0.870 e. The van der Waals surface area contributed by atoms with Crippen molar-refractivity contribution < 1.29 is 24.4 Å². The smallest absolute Gasteiger partial charge is 0.326 e. The van der Waals surface area contributed by atoms with E-state index in [0.29, 0.717) is 0 Å². The number of imide groups is 1. The molecule has 0 spiro atoms. The van der Waals surface area contributed by atoms with Crippen LogP contribution in [0.5, 0.6) is 11.5 Å². The van der Waals surface area contributed by atoms with Crippen molar-refractivity contribution in [1.82, 2.24) is 10.6 Å². The molecule has 0 saturated carbocycles. The first-order valence-electron chi connectivity index (χ1n) is 5.30. The molecule has 0 bridgehead atoms. The van der Waals surface area contributed by atoms with Crippen LogP contribution in [0.15, 0.2) is 17.8 Å². The molecule has 0 radical (unpaired) electrons. The molecule has 1 saturated heterocycles. The van der Waals surface area contributed by atoms with E-state index in [1.54, 1.807) is 0 Å². The molecule has 1 aromatic carbocycles. The van der Waals surface area contributed by atoms with Crippen molar-refractivity contribution in [2.24, 2.45) is 0 Å². The highest BCUT2D eigenvalue weighted by Crippen LogP contribution is 2.33. The van der Waals surface area contributed by atoms with Gasteiger partial charge in [0, 0.05) is 6.07 Å². The van der Waals surface area contributed by atoms with E-state index in [1.165, 1.54) is 7.11 Å². The second kappa shape index (κ2) is 4.88. The highest BCUT2D eigenvalue weighted by molar-refractivity contribution is 6.14. The molecule has 2 N–H and O–H groups in total. The van der Waals surface area contributed by atoms with Crippen LogP contribution in [0.4, 0.5) is 10.5 Å². The molecule has 3 amide bonds. The third-order valence-corrected chi connectivity index (χ3v) is 2.52. The Balaban J connectivity index is 2.53. The lowest BCUT2D eigenvalue weighted by atomic mass is 10.1. The molecular weight excluding hydrogens is 270 g/mol. The summed E-state index contributed by atoms with van der Waals surface area (Å²) in [5.74, 6) is -1.57. The van der Waals surface area contributed by atoms with Gasteiger partial charge in [-0.05, 0) is 11.6 Å². The number of benzene rings is 1. The Bertz CT molecular complexity index is 652. The molecule has 1 heterocycles. The van der Waals surface area contributed by atoms with Crippen molar-refractivity contribution in [2.45, 2.75) is 0 Å². The fraction of sp³-hybridized carbons (Fsp3) is 0.0909. The number of nitro groups is 1. The van der Waals surface area contributed by atoms with Crippen LogP contribution < -0.4 is 20.5 Å². The van der Waals surface area contributed by atoms with E-state index < -0.39 is 22.6 Å². The second-order valence-electron chi connectivity index (χ2n) is 3.79. The molecular formula is C11H8N3O6-. The Kier molecular flexibility index (Phi) is 3.25. The van der Waals surface area contributed by atoms with Gasteiger partial charge in [-0.25, -0.2) is 4.79 Å². The van der Waals surface area contributed by atoms with Gasteiger partial charge in [-0.3, -0.25) is 20.2 Å². The number of nitro benzene ring substituents is 1. The van der Waals surface area contributed by atoms with Gasteiger partial charge < -0.3 is 15.2 Å². The Labute approximate surface area is 112 Å². The molecule has 1 aliphatic rings. The average molecular weight is 278 g/mol. The Morgan fingerprint density at radius 3 is 2.50 bits per heavy atom. The number of non-ortho nitro benzene ring substituents is 1. The van der Waals surface area contributed by atoms with E-state index in [9.17, 15) is 24.8 Å². The zero-order chi connectivity index (χ0) is 14.9. The maximum absolute atomic E-state index is 11.9. The quantitative estimate of drug-likeness (QED) is 0.342. The normalized spacial score (nSPS) is 15.9. The fourth-order valence-electron chi connectivity index (χ4n) is 1.61. The van der Waals surface area contributed by atoms with Gasteiger partial charge in [-0.1, -0.05) is 5.75 Å². The number of ether oxygens (including phenoxy) is 1. The van der Waals surface area contributed by atoms with Crippen molar-refractivity contribution in [2.75, 3.05) is 7.11 Å². The van der Waals surface area contributed by atoms with Crippen LogP contribution in [0, 0.1) is 10.1 Å². The molecule has 0 aromatic heterocycles. The van der Waals surface area contributed by atoms with Crippen molar-refractivity contribution in [3.05, 3.63) is 33.5 Å². The predicted octanol–water partition coefficient (Wildman–Crippen LogP) is -0.143. The monoisotopic (exact) mass is 278 g/mol. The van der Waals surface area contributed by atoms with Gasteiger partial charge in [0.2, 0.25) is 0 Å². The van der Waals surface area contributed by atoms with Crippen molar-refractivity contribution in [3.8, 4) is 11.5 Å². The summed E-state index contributed by atoms with van der Waals surface area (Å²) >= 11 is 0. The van der Waals surface area contributed by atoms with E-state index in [0.717, 1.165) is 18.2 Å². The molecule has 0 unspecified atom stereocenters. The minimum absolute atomic E-state index is 0.136. The SMILES string of the molecule is COc1cc([N+](=O)[O-])cc(/C=C2/NC(=O)NC2=O)c1[O-]. The van der Waals surface area contributed by atoms with Gasteiger partial charge in [0.05, 0.1) is 18.1 Å². The standard InChI is InChI=1S/C11H9N3O6/c1-20-8-4-6(14(18)19)2-5(9(8)15)3-7-10(16)13-11(17)12-7/h2-4,15H,1H3,(H2,12,13,16,17)/p-1/b7-3+. The minimum atomic E-state index is -0.730. The number of nitrogens with one attached hydrogen (secondary N) is 2. The second-order valence-corrected chi connectivity index (χ2v) is 3.79. The van der Waals surface area contributed by atoms with Gasteiger partial charge >= 0.3 is 6.03 Å². The van der Waals surface area contributed by atoms with Crippen LogP contribution in [0.25, 0.3) is 6.08 Å². The number of carbonyl (C=O) groups excluding carboxylic acids is 2. The zero-order valence-electron chi connectivity index (χ0n) is 10.1. The first-order chi connectivity index (χ1) is 9.42. The van der Waals surface area contributed by atoms with Gasteiger partial charge in [0.25, 0.3) is 11.6 Å². The third-order valence-electron chi connectivity index (χ3n) is 2.52. The zero-order valence-corrected chi connectivity index (χ0v) is 10.1. The molecule has 9 heteroatoms. The van der Waals surface area contributed by atoms with E-state index >= 15 is 0 Å². The first-order valence-corrected chi connectivity index (χ1v) is 5.30. The molecule has 0 aliphatic carbocycles. The molecule has 1 aromatic rings. The predicted molar refractivity (Wildman–Crippen MR) is 63.7 cm³/mol. The Morgan fingerprint density at radius 1 is 1.30 bits per heavy atom. The summed E-state index contributed by atoms with van der Waals surface area (Å²) in [6, 6.07) is 1.25. The van der Waals surface area contributed by atoms with Crippen LogP contribution in [0.1, 0.15) is 5.56 Å². The maximum Gasteiger partial charge on any atom is 0.326 e. The van der Waals surface area contributed by atoms with E-state index in [4.69, 9.17) is 4.74 Å². The summed E-state index contributed by atoms with van der Waals surface area (Å²) in [6.45, 7) is 0. The summed E-state index contributed by atoms with van der Waals surface area (Å²) < 4.78 is 4.75. The fourth-order valence-corrected chi connectivity index (χ4v) is 1.61. The molecule has 9 nitrogen and oxygen atoms in total. The third kappa shape index (κ3) is 2.36. The van der Waals surface area contributed by atoms with Crippen LogP contribution in [0.3, 0.4) is 0 Å². The topological polar surface area (TPSA) is 134 Å². The Morgan fingerprint density at radius 2 is 2.00 bits per heavy atom. The summed E-state index contributed by atoms with van der Waals surface area (Å²) in [6.07, 6.45) is 1.05. The number of hydrogen-bond acceptors (Lipinski definition) is 6. The number of hydrogen-bond donors (Lipinski definition) is 2. The summed E-state index contributed by atoms with van der Waals surface area (Å²) in [4.78, 5) is 32.4. The van der Waals surface area contributed by atoms with Gasteiger partial charge in [0.1, 0.15) is 11.4 Å². The Hall–Kier alpha value is -3.10. The lowest BCUT2D eigenvalue weighted by Crippen LogP contribution is -2.22. The highest BCUT2D eigenvalue weighted by Gasteiger charge is 2.23. The maximum atomic E-state index is 11.9. The van der Waals surface area contributed by atoms with Crippen LogP contribution >= 0.6 is 0 Å². The van der Waals surface area contributed by atoms with Crippen LogP contribution in [-0.2, 0) is 4.79 Å². The number of nitrogens with zero attached hydrogens (tertiary/aromatic N) is 1. The van der Waals surface area contributed by atoms with Crippen LogP contribution in [-0.4, -0.2) is 24.0 Å². The van der Waals surface area contributed by atoms with Crippen LogP contribution in [0.2, 0.25) is 0 Å². The molecule has 20 heavy (non-hydrogen) atoms. The van der Waals surface area contributed by atoms with Crippen molar-refractivity contribution >= 4 is 23.7 Å². The molecule has 2 rings (SSSR count). The average Bonchev–Trinajstić information content (AvgIpc) is 2.70. The molecule has 0 atom stereocenters. The number of rotatable bonds is 3. The number of methoxy groups -OCH3 is 1. The molecule has 1 aliphatic heterocycles. The lowest BCUT2D eigenvalue weighted by Gasteiger charge is -2.15. The number of amides is 3. The van der Waals surface area contributed by atoms with Gasteiger partial charge in [0.15, 0.2) is 0 Å². The van der Waals surface area contributed by atoms with E-state index in [2.05, 4.69) is 5.32 Å². The van der Waals surface area contributed by atoms with E-state index in [1.807, 2.05) is 5.32 Å². The number of carbonyl (C=O) groups is 2. The largest absolute Gasteiger partial charge is 0.870 e. The lowest BCUT2D eigenvalue weighted by molar-refractivity contribution is -0.385. The summed E-state index contributed by atoms with van der Waals surface area (Å²) in [5.41, 5.74) is -0.670. The van der Waals surface area contributed by atoms with Gasteiger partial charge in [-0.2, -0.15) is 0 Å².